The maximum absolute atomic E-state index is 10.4. The Kier molecular flexibility index (Phi) is 26.5. The molecule has 0 aromatic heterocycles. The van der Waals surface area contributed by atoms with Crippen molar-refractivity contribution in [1.29, 1.82) is 0 Å². The third kappa shape index (κ3) is 26.5. The van der Waals surface area contributed by atoms with Gasteiger partial charge >= 0.3 is 5.97 Å². The predicted molar refractivity (Wildman–Crippen MR) is 106 cm³/mol. The molecule has 3 heteroatoms. The zero-order valence-electron chi connectivity index (χ0n) is 16.8. The van der Waals surface area contributed by atoms with Gasteiger partial charge in [0.25, 0.3) is 0 Å². The van der Waals surface area contributed by atoms with Crippen LogP contribution in [-0.2, 0) is 25.9 Å². The van der Waals surface area contributed by atoms with E-state index in [1.54, 1.807) is 0 Å². The second-order valence-electron chi connectivity index (χ2n) is 7.51. The summed E-state index contributed by atoms with van der Waals surface area (Å²) in [6, 6.07) is 0. The Morgan fingerprint density at radius 1 is 0.520 bits per heavy atom. The molecule has 0 amide bonds. The van der Waals surface area contributed by atoms with Gasteiger partial charge in [0.05, 0.1) is 0 Å². The Balaban J connectivity index is 0. The number of carboxylic acids is 1. The van der Waals surface area contributed by atoms with Gasteiger partial charge in [-0.3, -0.25) is 4.79 Å². The SMILES string of the molecule is CCCCCCCCCCCCCCCCCCCCCC(=O)O.[Pt]. The number of carbonyl (C=O) groups is 1. The molecule has 25 heavy (non-hydrogen) atoms. The fourth-order valence-corrected chi connectivity index (χ4v) is 3.35. The van der Waals surface area contributed by atoms with Crippen molar-refractivity contribution in [3.63, 3.8) is 0 Å². The predicted octanol–water partition coefficient (Wildman–Crippen LogP) is 7.89. The van der Waals surface area contributed by atoms with Gasteiger partial charge in [0, 0.05) is 27.5 Å². The molecule has 0 aliphatic rings. The summed E-state index contributed by atoms with van der Waals surface area (Å²) in [5.41, 5.74) is 0. The third-order valence-electron chi connectivity index (χ3n) is 4.99. The van der Waals surface area contributed by atoms with Crippen molar-refractivity contribution >= 4 is 5.97 Å². The first-order valence-electron chi connectivity index (χ1n) is 11.0. The molecule has 2 nitrogen and oxygen atoms in total. The number of rotatable bonds is 20. The summed E-state index contributed by atoms with van der Waals surface area (Å²) in [6.45, 7) is 2.28. The average Bonchev–Trinajstić information content (AvgIpc) is 2.56. The topological polar surface area (TPSA) is 37.3 Å². The molecule has 0 rings (SSSR count). The number of unbranched alkanes of at least 4 members (excludes halogenated alkanes) is 18. The molecule has 154 valence electrons. The van der Waals surface area contributed by atoms with Crippen LogP contribution in [0, 0.1) is 0 Å². The van der Waals surface area contributed by atoms with Crippen molar-refractivity contribution in [3.05, 3.63) is 0 Å². The van der Waals surface area contributed by atoms with E-state index in [1.807, 2.05) is 0 Å². The largest absolute Gasteiger partial charge is 0.481 e. The van der Waals surface area contributed by atoms with Crippen LogP contribution in [0.2, 0.25) is 0 Å². The van der Waals surface area contributed by atoms with Gasteiger partial charge in [-0.2, -0.15) is 0 Å². The second kappa shape index (κ2) is 24.2. The fraction of sp³-hybridized carbons (Fsp3) is 0.955. The number of hydrogen-bond donors (Lipinski definition) is 1. The molecular weight excluding hydrogens is 491 g/mol. The van der Waals surface area contributed by atoms with E-state index in [9.17, 15) is 4.79 Å². The number of aliphatic carboxylic acids is 1. The molecule has 0 spiro atoms. The molecule has 0 aliphatic heterocycles. The Morgan fingerprint density at radius 2 is 0.760 bits per heavy atom. The summed E-state index contributed by atoms with van der Waals surface area (Å²) in [6.07, 6.45) is 26.1. The van der Waals surface area contributed by atoms with Gasteiger partial charge in [-0.05, 0) is 6.42 Å². The van der Waals surface area contributed by atoms with E-state index in [1.165, 1.54) is 109 Å². The van der Waals surface area contributed by atoms with E-state index < -0.39 is 5.97 Å². The van der Waals surface area contributed by atoms with Crippen LogP contribution in [0.3, 0.4) is 0 Å². The normalized spacial score (nSPS) is 10.6. The van der Waals surface area contributed by atoms with Gasteiger partial charge in [-0.25, -0.2) is 0 Å². The van der Waals surface area contributed by atoms with Gasteiger partial charge in [0.1, 0.15) is 0 Å². The average molecular weight is 536 g/mol. The van der Waals surface area contributed by atoms with Crippen LogP contribution in [0.15, 0.2) is 0 Å². The minimum atomic E-state index is -0.651. The molecular formula is C22H44O2Pt. The van der Waals surface area contributed by atoms with Crippen molar-refractivity contribution in [2.75, 3.05) is 0 Å². The zero-order valence-corrected chi connectivity index (χ0v) is 19.1. The molecule has 0 unspecified atom stereocenters. The number of carboxylic acid groups (broad SMARTS) is 1. The molecule has 0 heterocycles. The van der Waals surface area contributed by atoms with Crippen LogP contribution in [0.25, 0.3) is 0 Å². The first kappa shape index (κ1) is 27.4. The van der Waals surface area contributed by atoms with E-state index in [0.717, 1.165) is 12.8 Å². The van der Waals surface area contributed by atoms with Gasteiger partial charge in [0.15, 0.2) is 0 Å². The molecule has 0 aromatic carbocycles. The maximum Gasteiger partial charge on any atom is 0.303 e. The molecule has 1 N–H and O–H groups in total. The minimum Gasteiger partial charge on any atom is -0.481 e. The smallest absolute Gasteiger partial charge is 0.303 e. The van der Waals surface area contributed by atoms with E-state index in [-0.39, 0.29) is 21.1 Å². The van der Waals surface area contributed by atoms with Crippen molar-refractivity contribution in [2.24, 2.45) is 0 Å². The van der Waals surface area contributed by atoms with Gasteiger partial charge in [0.2, 0.25) is 0 Å². The van der Waals surface area contributed by atoms with Crippen LogP contribution in [0.4, 0.5) is 0 Å². The molecule has 0 bridgehead atoms. The van der Waals surface area contributed by atoms with Crippen LogP contribution in [0.1, 0.15) is 135 Å². The summed E-state index contributed by atoms with van der Waals surface area (Å²) < 4.78 is 0. The Labute approximate surface area is 172 Å². The number of hydrogen-bond acceptors (Lipinski definition) is 1. The monoisotopic (exact) mass is 535 g/mol. The molecule has 0 saturated heterocycles. The summed E-state index contributed by atoms with van der Waals surface area (Å²) in [5, 5.41) is 8.56. The molecule has 0 aromatic rings. The van der Waals surface area contributed by atoms with Crippen molar-refractivity contribution in [2.45, 2.75) is 135 Å². The van der Waals surface area contributed by atoms with Gasteiger partial charge in [-0.1, -0.05) is 122 Å². The first-order chi connectivity index (χ1) is 11.8. The Hall–Kier alpha value is 0.158. The van der Waals surface area contributed by atoms with Crippen LogP contribution in [-0.4, -0.2) is 11.1 Å². The zero-order chi connectivity index (χ0) is 17.7. The quantitative estimate of drug-likeness (QED) is 0.161. The minimum absolute atomic E-state index is 0. The van der Waals surface area contributed by atoms with Crippen molar-refractivity contribution in [1.82, 2.24) is 0 Å². The Bertz CT molecular complexity index is 256. The first-order valence-corrected chi connectivity index (χ1v) is 11.0. The van der Waals surface area contributed by atoms with E-state index >= 15 is 0 Å². The fourth-order valence-electron chi connectivity index (χ4n) is 3.35. The standard InChI is InChI=1S/C22H44O2.Pt/c1-2-3-4-5-6-7-8-9-10-11-12-13-14-15-16-17-18-19-20-21-22(23)24;/h2-21H2,1H3,(H,23,24);. The summed E-state index contributed by atoms with van der Waals surface area (Å²) in [5.74, 6) is -0.651. The van der Waals surface area contributed by atoms with E-state index in [4.69, 9.17) is 5.11 Å². The van der Waals surface area contributed by atoms with Gasteiger partial charge < -0.3 is 5.11 Å². The molecule has 0 fully saturated rings. The summed E-state index contributed by atoms with van der Waals surface area (Å²) in [4.78, 5) is 10.4. The molecule has 0 aliphatic carbocycles. The van der Waals surface area contributed by atoms with Crippen LogP contribution < -0.4 is 0 Å². The van der Waals surface area contributed by atoms with E-state index in [0.29, 0.717) is 6.42 Å². The maximum atomic E-state index is 10.4. The molecule has 0 saturated carbocycles. The second-order valence-corrected chi connectivity index (χ2v) is 7.51. The molecule has 0 radical (unpaired) electrons. The Morgan fingerprint density at radius 3 is 1.00 bits per heavy atom. The van der Waals surface area contributed by atoms with Crippen LogP contribution in [0.5, 0.6) is 0 Å². The summed E-state index contributed by atoms with van der Waals surface area (Å²) >= 11 is 0. The van der Waals surface area contributed by atoms with Crippen LogP contribution >= 0.6 is 0 Å². The third-order valence-corrected chi connectivity index (χ3v) is 4.99. The van der Waals surface area contributed by atoms with Gasteiger partial charge in [-0.15, -0.1) is 0 Å². The van der Waals surface area contributed by atoms with Crippen molar-refractivity contribution in [3.8, 4) is 0 Å². The van der Waals surface area contributed by atoms with E-state index in [2.05, 4.69) is 6.92 Å². The molecule has 0 atom stereocenters. The van der Waals surface area contributed by atoms with Crippen molar-refractivity contribution < 1.29 is 31.0 Å². The summed E-state index contributed by atoms with van der Waals surface area (Å²) in [7, 11) is 0.